The van der Waals surface area contributed by atoms with Gasteiger partial charge < -0.3 is 14.8 Å². The highest BCUT2D eigenvalue weighted by atomic mass is 79.9. The van der Waals surface area contributed by atoms with E-state index in [9.17, 15) is 22.8 Å². The van der Waals surface area contributed by atoms with Crippen molar-refractivity contribution >= 4 is 21.9 Å². The summed E-state index contributed by atoms with van der Waals surface area (Å²) in [5, 5.41) is 8.75. The van der Waals surface area contributed by atoms with Crippen LogP contribution in [0.15, 0.2) is 10.9 Å². The first-order chi connectivity index (χ1) is 8.23. The van der Waals surface area contributed by atoms with Gasteiger partial charge in [0.25, 0.3) is 5.56 Å². The molecule has 0 aliphatic rings. The number of nitrogens with one attached hydrogen (secondary N) is 1. The van der Waals surface area contributed by atoms with Gasteiger partial charge in [0, 0.05) is 16.6 Å². The second-order valence-electron chi connectivity index (χ2n) is 3.23. The average molecular weight is 330 g/mol. The van der Waals surface area contributed by atoms with Crippen LogP contribution in [0.2, 0.25) is 0 Å². The largest absolute Gasteiger partial charge is 0.573 e. The van der Waals surface area contributed by atoms with Gasteiger partial charge in [-0.3, -0.25) is 9.59 Å². The fraction of sp³-hybridized carbons (Fsp3) is 0.333. The molecule has 0 bridgehead atoms. The highest BCUT2D eigenvalue weighted by molar-refractivity contribution is 9.08. The summed E-state index contributed by atoms with van der Waals surface area (Å²) in [6, 6.07) is 1.13. The van der Waals surface area contributed by atoms with E-state index in [1.54, 1.807) is 0 Å². The molecule has 1 heterocycles. The van der Waals surface area contributed by atoms with Gasteiger partial charge in [-0.1, -0.05) is 15.9 Å². The Morgan fingerprint density at radius 3 is 2.56 bits per heavy atom. The SMILES string of the molecule is O=C(O)Cc1cc(CBr)[nH]c(=O)c1OC(F)(F)F. The van der Waals surface area contributed by atoms with Crippen LogP contribution < -0.4 is 10.3 Å². The second-order valence-corrected chi connectivity index (χ2v) is 3.79. The summed E-state index contributed by atoms with van der Waals surface area (Å²) in [6.07, 6.45) is -5.80. The van der Waals surface area contributed by atoms with Gasteiger partial charge >= 0.3 is 12.3 Å². The van der Waals surface area contributed by atoms with Gasteiger partial charge in [-0.05, 0) is 6.07 Å². The van der Waals surface area contributed by atoms with E-state index < -0.39 is 30.1 Å². The third kappa shape index (κ3) is 4.06. The number of aromatic nitrogens is 1. The van der Waals surface area contributed by atoms with Crippen LogP contribution in [0.1, 0.15) is 11.3 Å². The number of aliphatic carboxylic acids is 1. The Bertz CT molecular complexity index is 512. The predicted molar refractivity (Wildman–Crippen MR) is 57.7 cm³/mol. The number of carbonyl (C=O) groups is 1. The minimum Gasteiger partial charge on any atom is -0.481 e. The summed E-state index contributed by atoms with van der Waals surface area (Å²) in [5.74, 6) is -2.41. The Morgan fingerprint density at radius 1 is 1.50 bits per heavy atom. The molecule has 5 nitrogen and oxygen atoms in total. The van der Waals surface area contributed by atoms with Crippen molar-refractivity contribution in [3.8, 4) is 5.75 Å². The van der Waals surface area contributed by atoms with Crippen LogP contribution in [-0.2, 0) is 16.5 Å². The molecule has 0 radical (unpaired) electrons. The first-order valence-electron chi connectivity index (χ1n) is 4.51. The lowest BCUT2D eigenvalue weighted by Crippen LogP contribution is -2.25. The summed E-state index contributed by atoms with van der Waals surface area (Å²) in [6.45, 7) is 0. The van der Waals surface area contributed by atoms with Crippen molar-refractivity contribution in [2.75, 3.05) is 0 Å². The van der Waals surface area contributed by atoms with Crippen LogP contribution >= 0.6 is 15.9 Å². The fourth-order valence-corrected chi connectivity index (χ4v) is 1.56. The molecule has 0 unspecified atom stereocenters. The van der Waals surface area contributed by atoms with Crippen molar-refractivity contribution in [1.29, 1.82) is 0 Å². The number of carboxylic acid groups (broad SMARTS) is 1. The van der Waals surface area contributed by atoms with E-state index in [0.717, 1.165) is 6.07 Å². The molecule has 0 aliphatic heterocycles. The summed E-state index contributed by atoms with van der Waals surface area (Å²) >= 11 is 3.00. The van der Waals surface area contributed by atoms with Crippen molar-refractivity contribution in [2.24, 2.45) is 0 Å². The Hall–Kier alpha value is -1.51. The van der Waals surface area contributed by atoms with Gasteiger partial charge in [-0.15, -0.1) is 13.2 Å². The number of aromatic amines is 1. The monoisotopic (exact) mass is 329 g/mol. The number of hydrogen-bond acceptors (Lipinski definition) is 3. The lowest BCUT2D eigenvalue weighted by molar-refractivity contribution is -0.275. The van der Waals surface area contributed by atoms with Gasteiger partial charge in [0.05, 0.1) is 6.42 Å². The fourth-order valence-electron chi connectivity index (χ4n) is 1.25. The number of alkyl halides is 4. The quantitative estimate of drug-likeness (QED) is 0.825. The number of ether oxygens (including phenoxy) is 1. The first-order valence-corrected chi connectivity index (χ1v) is 5.63. The molecule has 18 heavy (non-hydrogen) atoms. The number of halogens is 4. The van der Waals surface area contributed by atoms with Gasteiger partial charge in [0.2, 0.25) is 0 Å². The van der Waals surface area contributed by atoms with E-state index in [-0.39, 0.29) is 16.6 Å². The molecule has 0 aromatic carbocycles. The molecule has 100 valence electrons. The minimum absolute atomic E-state index is 0.168. The van der Waals surface area contributed by atoms with Crippen LogP contribution in [0.5, 0.6) is 5.75 Å². The molecule has 0 aliphatic carbocycles. The summed E-state index contributed by atoms with van der Waals surface area (Å²) < 4.78 is 39.8. The van der Waals surface area contributed by atoms with E-state index in [2.05, 4.69) is 25.7 Å². The van der Waals surface area contributed by atoms with Crippen molar-refractivity contribution in [3.05, 3.63) is 27.7 Å². The highest BCUT2D eigenvalue weighted by Gasteiger charge is 2.33. The van der Waals surface area contributed by atoms with E-state index in [1.165, 1.54) is 0 Å². The molecule has 1 rings (SSSR count). The van der Waals surface area contributed by atoms with Crippen molar-refractivity contribution in [2.45, 2.75) is 18.1 Å². The van der Waals surface area contributed by atoms with Gasteiger partial charge in [0.15, 0.2) is 5.75 Å². The number of rotatable bonds is 4. The zero-order valence-corrected chi connectivity index (χ0v) is 10.3. The molecule has 0 atom stereocenters. The molecule has 0 amide bonds. The lowest BCUT2D eigenvalue weighted by atomic mass is 10.1. The number of pyridine rings is 1. The topological polar surface area (TPSA) is 79.4 Å². The molecule has 1 aromatic heterocycles. The molecule has 9 heteroatoms. The van der Waals surface area contributed by atoms with Crippen LogP contribution in [0.25, 0.3) is 0 Å². The van der Waals surface area contributed by atoms with E-state index in [4.69, 9.17) is 5.11 Å². The van der Waals surface area contributed by atoms with E-state index in [0.29, 0.717) is 0 Å². The molecular formula is C9H7BrF3NO4. The van der Waals surface area contributed by atoms with Crippen LogP contribution in [0.3, 0.4) is 0 Å². The van der Waals surface area contributed by atoms with Crippen LogP contribution in [0, 0.1) is 0 Å². The van der Waals surface area contributed by atoms with Gasteiger partial charge in [-0.2, -0.15) is 0 Å². The Labute approximate surface area is 107 Å². The van der Waals surface area contributed by atoms with E-state index >= 15 is 0 Å². The Kier molecular flexibility index (Phi) is 4.38. The highest BCUT2D eigenvalue weighted by Crippen LogP contribution is 2.24. The molecule has 1 aromatic rings. The molecule has 0 fully saturated rings. The summed E-state index contributed by atoms with van der Waals surface area (Å²) in [7, 11) is 0. The third-order valence-electron chi connectivity index (χ3n) is 1.82. The number of hydrogen-bond donors (Lipinski definition) is 2. The number of carboxylic acids is 1. The van der Waals surface area contributed by atoms with Gasteiger partial charge in [0.1, 0.15) is 0 Å². The maximum Gasteiger partial charge on any atom is 0.573 e. The molecule has 2 N–H and O–H groups in total. The summed E-state index contributed by atoms with van der Waals surface area (Å²) in [4.78, 5) is 24.1. The van der Waals surface area contributed by atoms with Crippen LogP contribution in [-0.4, -0.2) is 22.4 Å². The molecule has 0 saturated heterocycles. The van der Waals surface area contributed by atoms with Crippen molar-refractivity contribution in [3.63, 3.8) is 0 Å². The standard InChI is InChI=1S/C9H7BrF3NO4/c10-3-5-1-4(2-6(15)16)7(8(17)14-5)18-9(11,12)13/h1H,2-3H2,(H,14,17)(H,15,16). The van der Waals surface area contributed by atoms with Crippen molar-refractivity contribution in [1.82, 2.24) is 4.98 Å². The molecule has 0 saturated carbocycles. The third-order valence-corrected chi connectivity index (χ3v) is 2.43. The maximum atomic E-state index is 12.1. The Morgan fingerprint density at radius 2 is 2.11 bits per heavy atom. The van der Waals surface area contributed by atoms with Crippen molar-refractivity contribution < 1.29 is 27.8 Å². The number of H-pyrrole nitrogens is 1. The summed E-state index contributed by atoms with van der Waals surface area (Å²) in [5.41, 5.74) is -1.20. The molecular weight excluding hydrogens is 323 g/mol. The van der Waals surface area contributed by atoms with Crippen LogP contribution in [0.4, 0.5) is 13.2 Å². The lowest BCUT2D eigenvalue weighted by Gasteiger charge is -2.12. The Balaban J connectivity index is 3.28. The predicted octanol–water partition coefficient (Wildman–Crippen LogP) is 1.80. The second kappa shape index (κ2) is 5.42. The van der Waals surface area contributed by atoms with E-state index in [1.807, 2.05) is 0 Å². The minimum atomic E-state index is -5.06. The molecule has 0 spiro atoms. The van der Waals surface area contributed by atoms with Gasteiger partial charge in [-0.25, -0.2) is 0 Å². The zero-order chi connectivity index (χ0) is 13.9. The normalized spacial score (nSPS) is 11.3. The maximum absolute atomic E-state index is 12.1. The zero-order valence-electron chi connectivity index (χ0n) is 8.68. The average Bonchev–Trinajstić information content (AvgIpc) is 2.20. The smallest absolute Gasteiger partial charge is 0.481 e. The first kappa shape index (κ1) is 14.6.